The summed E-state index contributed by atoms with van der Waals surface area (Å²) in [6.07, 6.45) is 1.14. The first-order valence-corrected chi connectivity index (χ1v) is 8.22. The molecule has 4 nitrogen and oxygen atoms in total. The number of benzene rings is 2. The van der Waals surface area contributed by atoms with Crippen molar-refractivity contribution < 1.29 is 8.42 Å². The molecule has 0 atom stereocenters. The minimum atomic E-state index is -3.33. The van der Waals surface area contributed by atoms with Crippen molar-refractivity contribution in [3.05, 3.63) is 53.1 Å². The van der Waals surface area contributed by atoms with Crippen LogP contribution in [-0.2, 0) is 16.4 Å². The lowest BCUT2D eigenvalue weighted by molar-refractivity contribution is 0.602. The lowest BCUT2D eigenvalue weighted by Gasteiger charge is -2.12. The molecule has 0 fully saturated rings. The van der Waals surface area contributed by atoms with Crippen molar-refractivity contribution in [3.63, 3.8) is 0 Å². The number of nitrogens with one attached hydrogen (secondary N) is 1. The Morgan fingerprint density at radius 1 is 1.15 bits per heavy atom. The van der Waals surface area contributed by atoms with Crippen LogP contribution in [0.4, 0.5) is 11.4 Å². The number of hydrogen-bond acceptors (Lipinski definition) is 4. The van der Waals surface area contributed by atoms with E-state index in [1.807, 2.05) is 12.1 Å². The van der Waals surface area contributed by atoms with Crippen molar-refractivity contribution in [2.75, 3.05) is 17.3 Å². The van der Waals surface area contributed by atoms with Crippen LogP contribution in [0.1, 0.15) is 5.56 Å². The molecule has 0 aromatic heterocycles. The van der Waals surface area contributed by atoms with Gasteiger partial charge < -0.3 is 11.1 Å². The largest absolute Gasteiger partial charge is 0.396 e. The van der Waals surface area contributed by atoms with Crippen molar-refractivity contribution in [2.45, 2.75) is 11.4 Å². The molecule has 0 aliphatic heterocycles. The van der Waals surface area contributed by atoms with Gasteiger partial charge in [0.1, 0.15) is 0 Å². The lowest BCUT2D eigenvalue weighted by Crippen LogP contribution is -2.07. The maximum Gasteiger partial charge on any atom is 0.177 e. The number of nitrogen functional groups attached to an aromatic ring is 1. The summed E-state index contributed by atoms with van der Waals surface area (Å²) in [7, 11) is -3.33. The monoisotopic (exact) mass is 310 g/mol. The smallest absolute Gasteiger partial charge is 0.177 e. The van der Waals surface area contributed by atoms with E-state index in [1.165, 1.54) is 6.07 Å². The van der Waals surface area contributed by atoms with E-state index in [9.17, 15) is 8.42 Å². The van der Waals surface area contributed by atoms with Gasteiger partial charge in [-0.15, -0.1) is 0 Å². The fourth-order valence-corrected chi connectivity index (χ4v) is 2.78. The highest BCUT2D eigenvalue weighted by atomic mass is 35.5. The average Bonchev–Trinajstić information content (AvgIpc) is 2.38. The summed E-state index contributed by atoms with van der Waals surface area (Å²) in [5, 5.41) is 3.80. The number of anilines is 2. The Kier molecular flexibility index (Phi) is 4.20. The molecule has 2 aromatic rings. The molecule has 0 unspecified atom stereocenters. The number of sulfone groups is 1. The molecule has 0 heterocycles. The van der Waals surface area contributed by atoms with Crippen LogP contribution in [0.5, 0.6) is 0 Å². The van der Waals surface area contributed by atoms with Gasteiger partial charge >= 0.3 is 0 Å². The van der Waals surface area contributed by atoms with Gasteiger partial charge in [0.2, 0.25) is 0 Å². The molecule has 20 heavy (non-hydrogen) atoms. The summed E-state index contributed by atoms with van der Waals surface area (Å²) in [5.41, 5.74) is 7.76. The Hall–Kier alpha value is -1.72. The quantitative estimate of drug-likeness (QED) is 0.852. The van der Waals surface area contributed by atoms with Crippen molar-refractivity contribution >= 4 is 32.8 Å². The summed E-state index contributed by atoms with van der Waals surface area (Å²) in [5.74, 6) is 0. The highest BCUT2D eigenvalue weighted by Crippen LogP contribution is 2.27. The minimum absolute atomic E-state index is 0.138. The van der Waals surface area contributed by atoms with Gasteiger partial charge in [-0.3, -0.25) is 0 Å². The first-order valence-electron chi connectivity index (χ1n) is 5.95. The molecule has 0 saturated heterocycles. The van der Waals surface area contributed by atoms with Crippen LogP contribution in [0.2, 0.25) is 5.02 Å². The molecule has 0 aliphatic carbocycles. The molecule has 0 saturated carbocycles. The number of rotatable bonds is 4. The van der Waals surface area contributed by atoms with Crippen LogP contribution in [0.15, 0.2) is 47.4 Å². The SMILES string of the molecule is CS(=O)(=O)c1cccc(NCc2ccc(Cl)cc2)c1N. The van der Waals surface area contributed by atoms with Gasteiger partial charge in [-0.1, -0.05) is 29.8 Å². The topological polar surface area (TPSA) is 72.2 Å². The van der Waals surface area contributed by atoms with E-state index in [4.69, 9.17) is 17.3 Å². The van der Waals surface area contributed by atoms with Gasteiger partial charge in [0.05, 0.1) is 16.3 Å². The van der Waals surface area contributed by atoms with E-state index in [-0.39, 0.29) is 10.6 Å². The first-order chi connectivity index (χ1) is 9.38. The second-order valence-corrected chi connectivity index (χ2v) is 6.89. The van der Waals surface area contributed by atoms with Gasteiger partial charge in [0.25, 0.3) is 0 Å². The first kappa shape index (κ1) is 14.7. The number of nitrogens with two attached hydrogens (primary N) is 1. The molecule has 0 aliphatic rings. The summed E-state index contributed by atoms with van der Waals surface area (Å²) < 4.78 is 23.2. The highest BCUT2D eigenvalue weighted by Gasteiger charge is 2.13. The predicted octanol–water partition coefficient (Wildman–Crippen LogP) is 2.94. The third-order valence-electron chi connectivity index (χ3n) is 2.86. The maximum atomic E-state index is 11.6. The highest BCUT2D eigenvalue weighted by molar-refractivity contribution is 7.90. The predicted molar refractivity (Wildman–Crippen MR) is 82.7 cm³/mol. The van der Waals surface area contributed by atoms with Crippen LogP contribution >= 0.6 is 11.6 Å². The Bertz CT molecular complexity index is 712. The maximum absolute atomic E-state index is 11.6. The van der Waals surface area contributed by atoms with E-state index in [0.29, 0.717) is 17.3 Å². The van der Waals surface area contributed by atoms with Crippen LogP contribution in [-0.4, -0.2) is 14.7 Å². The molecule has 2 aromatic carbocycles. The van der Waals surface area contributed by atoms with Crippen molar-refractivity contribution in [3.8, 4) is 0 Å². The van der Waals surface area contributed by atoms with Crippen LogP contribution in [0.25, 0.3) is 0 Å². The molecule has 106 valence electrons. The third-order valence-corrected chi connectivity index (χ3v) is 4.27. The Balaban J connectivity index is 2.20. The Morgan fingerprint density at radius 3 is 2.40 bits per heavy atom. The van der Waals surface area contributed by atoms with Crippen molar-refractivity contribution in [1.82, 2.24) is 0 Å². The van der Waals surface area contributed by atoms with Crippen molar-refractivity contribution in [2.24, 2.45) is 0 Å². The minimum Gasteiger partial charge on any atom is -0.396 e. The number of halogens is 1. The van der Waals surface area contributed by atoms with Gasteiger partial charge in [-0.05, 0) is 29.8 Å². The van der Waals surface area contributed by atoms with E-state index in [2.05, 4.69) is 5.32 Å². The molecular weight excluding hydrogens is 296 g/mol. The van der Waals surface area contributed by atoms with Crippen molar-refractivity contribution in [1.29, 1.82) is 0 Å². The average molecular weight is 311 g/mol. The summed E-state index contributed by atoms with van der Waals surface area (Å²) in [4.78, 5) is 0.138. The Morgan fingerprint density at radius 2 is 1.80 bits per heavy atom. The van der Waals surface area contributed by atoms with Crippen LogP contribution in [0, 0.1) is 0 Å². The van der Waals surface area contributed by atoms with Gasteiger partial charge in [0, 0.05) is 17.8 Å². The molecule has 0 amide bonds. The Labute approximate surface area is 123 Å². The van der Waals surface area contributed by atoms with Gasteiger partial charge in [-0.25, -0.2) is 8.42 Å². The number of hydrogen-bond donors (Lipinski definition) is 2. The van der Waals surface area contributed by atoms with E-state index in [1.54, 1.807) is 24.3 Å². The van der Waals surface area contributed by atoms with Gasteiger partial charge in [0.15, 0.2) is 9.84 Å². The standard InChI is InChI=1S/C14H15ClN2O2S/c1-20(18,19)13-4-2-3-12(14(13)16)17-9-10-5-7-11(15)8-6-10/h2-8,17H,9,16H2,1H3. The fraction of sp³-hybridized carbons (Fsp3) is 0.143. The third kappa shape index (κ3) is 3.43. The number of para-hydroxylation sites is 1. The second-order valence-electron chi connectivity index (χ2n) is 4.47. The van der Waals surface area contributed by atoms with Gasteiger partial charge in [-0.2, -0.15) is 0 Å². The molecule has 0 radical (unpaired) electrons. The molecular formula is C14H15ClN2O2S. The van der Waals surface area contributed by atoms with E-state index in [0.717, 1.165) is 11.8 Å². The van der Waals surface area contributed by atoms with E-state index >= 15 is 0 Å². The molecule has 0 spiro atoms. The van der Waals surface area contributed by atoms with Crippen LogP contribution in [0.3, 0.4) is 0 Å². The summed E-state index contributed by atoms with van der Waals surface area (Å²) in [6, 6.07) is 12.3. The molecule has 2 rings (SSSR count). The zero-order valence-electron chi connectivity index (χ0n) is 10.9. The summed E-state index contributed by atoms with van der Waals surface area (Å²) >= 11 is 5.82. The zero-order valence-corrected chi connectivity index (χ0v) is 12.5. The zero-order chi connectivity index (χ0) is 14.8. The van der Waals surface area contributed by atoms with E-state index < -0.39 is 9.84 Å². The second kappa shape index (κ2) is 5.73. The molecule has 0 bridgehead atoms. The fourth-order valence-electron chi connectivity index (χ4n) is 1.82. The van der Waals surface area contributed by atoms with Crippen LogP contribution < -0.4 is 11.1 Å². The molecule has 3 N–H and O–H groups in total. The lowest BCUT2D eigenvalue weighted by atomic mass is 10.2. The summed E-state index contributed by atoms with van der Waals surface area (Å²) in [6.45, 7) is 0.536. The normalized spacial score (nSPS) is 11.3. The molecule has 6 heteroatoms.